The number of aromatic nitrogens is 1. The molecule has 1 unspecified atom stereocenters. The van der Waals surface area contributed by atoms with Gasteiger partial charge in [-0.3, -0.25) is 0 Å². The minimum atomic E-state index is -1.77. The fraction of sp³-hybridized carbons (Fsp3) is 0.556. The van der Waals surface area contributed by atoms with Gasteiger partial charge in [0.25, 0.3) is 0 Å². The minimum Gasteiger partial charge on any atom is -0.504 e. The van der Waals surface area contributed by atoms with Crippen molar-refractivity contribution in [3.63, 3.8) is 0 Å². The van der Waals surface area contributed by atoms with Crippen LogP contribution in [0.15, 0.2) is 30.0 Å². The van der Waals surface area contributed by atoms with Crippen molar-refractivity contribution < 1.29 is 44.0 Å². The molecule has 10 heteroatoms. The van der Waals surface area contributed by atoms with Crippen LogP contribution in [0.3, 0.4) is 0 Å². The van der Waals surface area contributed by atoms with E-state index in [-0.39, 0.29) is 0 Å². The summed E-state index contributed by atoms with van der Waals surface area (Å²) in [5.41, 5.74) is 5.49. The number of aromatic amines is 1. The summed E-state index contributed by atoms with van der Waals surface area (Å²) in [6.07, 6.45) is -3.70. The highest BCUT2D eigenvalue weighted by molar-refractivity contribution is 6.05. The summed E-state index contributed by atoms with van der Waals surface area (Å²) in [6.45, 7) is 6.20. The number of allylic oxidation sites excluding steroid dienone is 1. The normalized spacial score (nSPS) is 32.2. The molecule has 7 atom stereocenters. The number of H-pyrrole nitrogens is 1. The highest BCUT2D eigenvalue weighted by Crippen LogP contribution is 2.39. The smallest absolute Gasteiger partial charge is 0.335 e. The molecule has 4 heterocycles. The lowest BCUT2D eigenvalue weighted by Gasteiger charge is -2.38. The number of aliphatic carboxylic acids is 1. The Morgan fingerprint density at radius 2 is 2.03 bits per heavy atom. The fourth-order valence-corrected chi connectivity index (χ4v) is 6.13. The van der Waals surface area contributed by atoms with E-state index in [0.29, 0.717) is 17.6 Å². The third-order valence-corrected chi connectivity index (χ3v) is 8.10. The quantitative estimate of drug-likeness (QED) is 0.287. The second-order valence-corrected chi connectivity index (χ2v) is 10.2. The summed E-state index contributed by atoms with van der Waals surface area (Å²) in [6, 6.07) is 5.49. The molecule has 0 aliphatic carbocycles. The van der Waals surface area contributed by atoms with E-state index in [1.807, 2.05) is 12.3 Å². The standard InChI is InChI=1S/C27H34N2O8/c1-4-14-11-29-9-8-15-20-17(28-21(15)18(29)10-16(14)13(2)12-35-3)6-5-7-19(20)36-27-24(32)22(30)23(31)25(37-27)26(33)34/h5-7,12,14,16,22-25,27,30-32H,4,8-11H2,1-3H3,(H,33,34)/p+1/b13-12-/t14-,16-,22+,23+,24-,25+,27?/m1/s1. The molecule has 3 aliphatic heterocycles. The second-order valence-electron chi connectivity index (χ2n) is 10.2. The third kappa shape index (κ3) is 4.41. The van der Waals surface area contributed by atoms with Gasteiger partial charge in [0.05, 0.1) is 18.9 Å². The monoisotopic (exact) mass is 515 g/mol. The Morgan fingerprint density at radius 1 is 1.24 bits per heavy atom. The lowest BCUT2D eigenvalue weighted by molar-refractivity contribution is -0.543. The molecular weight excluding hydrogens is 480 g/mol. The molecular formula is C27H35N2O8+. The van der Waals surface area contributed by atoms with E-state index in [1.54, 1.807) is 19.2 Å². The van der Waals surface area contributed by atoms with E-state index in [9.17, 15) is 25.2 Å². The van der Waals surface area contributed by atoms with Gasteiger partial charge >= 0.3 is 5.97 Å². The molecule has 0 radical (unpaired) electrons. The van der Waals surface area contributed by atoms with Crippen molar-refractivity contribution in [1.82, 2.24) is 4.98 Å². The first kappa shape index (κ1) is 25.7. The van der Waals surface area contributed by atoms with Gasteiger partial charge in [0.1, 0.15) is 42.8 Å². The topological polar surface area (TPSA) is 144 Å². The Kier molecular flexibility index (Phi) is 7.01. The molecule has 0 saturated carbocycles. The number of fused-ring (bicyclic) bond motifs is 4. The maximum absolute atomic E-state index is 11.5. The summed E-state index contributed by atoms with van der Waals surface area (Å²) >= 11 is 0. The predicted octanol–water partition coefficient (Wildman–Crippen LogP) is 1.39. The van der Waals surface area contributed by atoms with Crippen molar-refractivity contribution in [3.05, 3.63) is 41.3 Å². The summed E-state index contributed by atoms with van der Waals surface area (Å²) in [7, 11) is 1.68. The molecule has 2 aromatic rings. The van der Waals surface area contributed by atoms with Crippen LogP contribution in [0.2, 0.25) is 0 Å². The summed E-state index contributed by atoms with van der Waals surface area (Å²) in [4.78, 5) is 15.1. The van der Waals surface area contributed by atoms with E-state index in [0.717, 1.165) is 54.5 Å². The number of nitrogens with one attached hydrogen (secondary N) is 1. The first-order chi connectivity index (χ1) is 17.7. The van der Waals surface area contributed by atoms with Crippen LogP contribution in [0.4, 0.5) is 0 Å². The number of hydrogen-bond acceptors (Lipinski definition) is 7. The molecule has 1 saturated heterocycles. The third-order valence-electron chi connectivity index (χ3n) is 8.10. The number of benzene rings is 1. The van der Waals surface area contributed by atoms with Crippen LogP contribution in [-0.4, -0.2) is 92.6 Å². The Labute approximate surface area is 214 Å². The van der Waals surface area contributed by atoms with Crippen LogP contribution in [-0.2, 0) is 20.7 Å². The molecule has 37 heavy (non-hydrogen) atoms. The summed E-state index contributed by atoms with van der Waals surface area (Å²) < 4.78 is 19.1. The zero-order valence-corrected chi connectivity index (χ0v) is 21.3. The van der Waals surface area contributed by atoms with Crippen molar-refractivity contribution in [1.29, 1.82) is 0 Å². The first-order valence-corrected chi connectivity index (χ1v) is 12.8. The van der Waals surface area contributed by atoms with Gasteiger partial charge in [-0.15, -0.1) is 0 Å². The Bertz CT molecular complexity index is 1250. The van der Waals surface area contributed by atoms with Gasteiger partial charge in [-0.25, -0.2) is 9.37 Å². The molecule has 200 valence electrons. The van der Waals surface area contributed by atoms with Crippen molar-refractivity contribution in [2.45, 2.75) is 63.8 Å². The Morgan fingerprint density at radius 3 is 2.73 bits per heavy atom. The predicted molar refractivity (Wildman–Crippen MR) is 134 cm³/mol. The van der Waals surface area contributed by atoms with E-state index in [2.05, 4.69) is 23.4 Å². The number of carboxylic acid groups (broad SMARTS) is 1. The average molecular weight is 516 g/mol. The van der Waals surface area contributed by atoms with Crippen LogP contribution in [0.25, 0.3) is 10.9 Å². The van der Waals surface area contributed by atoms with E-state index in [4.69, 9.17) is 14.2 Å². The van der Waals surface area contributed by atoms with Gasteiger partial charge in [0, 0.05) is 35.6 Å². The van der Waals surface area contributed by atoms with Gasteiger partial charge in [0.15, 0.2) is 6.10 Å². The average Bonchev–Trinajstić information content (AvgIpc) is 3.28. The molecule has 0 amide bonds. The SMILES string of the molecule is CC[C@@H]1C[N+]2=C(C[C@@H]1/C(C)=C\OC)c1[nH]c3cccc(OC4O[C@H](C(=O)O)[C@@H](O)[C@H](O)[C@H]4O)c3c1CC2. The number of nitrogens with zero attached hydrogens (tertiary/aromatic N) is 1. The Balaban J connectivity index is 1.51. The maximum Gasteiger partial charge on any atom is 0.335 e. The van der Waals surface area contributed by atoms with Crippen LogP contribution >= 0.6 is 0 Å². The van der Waals surface area contributed by atoms with Crippen LogP contribution in [0.5, 0.6) is 5.75 Å². The van der Waals surface area contributed by atoms with E-state index in [1.165, 1.54) is 11.3 Å². The van der Waals surface area contributed by atoms with Gasteiger partial charge < -0.3 is 39.6 Å². The number of methoxy groups -OCH3 is 1. The molecule has 0 spiro atoms. The van der Waals surface area contributed by atoms with Gasteiger partial charge in [-0.1, -0.05) is 13.0 Å². The van der Waals surface area contributed by atoms with Crippen molar-refractivity contribution in [2.24, 2.45) is 11.8 Å². The lowest BCUT2D eigenvalue weighted by Crippen LogP contribution is -2.61. The number of aliphatic hydroxyl groups excluding tert-OH is 3. The maximum atomic E-state index is 11.5. The number of ether oxygens (including phenoxy) is 3. The van der Waals surface area contributed by atoms with Crippen molar-refractivity contribution in [3.8, 4) is 5.75 Å². The van der Waals surface area contributed by atoms with Crippen LogP contribution in [0.1, 0.15) is 37.9 Å². The van der Waals surface area contributed by atoms with Gasteiger partial charge in [-0.05, 0) is 31.1 Å². The fourth-order valence-electron chi connectivity index (χ4n) is 6.13. The molecule has 10 nitrogen and oxygen atoms in total. The van der Waals surface area contributed by atoms with Crippen molar-refractivity contribution >= 4 is 22.6 Å². The number of carboxylic acids is 1. The highest BCUT2D eigenvalue weighted by atomic mass is 16.7. The van der Waals surface area contributed by atoms with E-state index < -0.39 is 36.7 Å². The Hall–Kier alpha value is -2.92. The number of carbonyl (C=O) groups is 1. The largest absolute Gasteiger partial charge is 0.504 e. The zero-order chi connectivity index (χ0) is 26.4. The van der Waals surface area contributed by atoms with Gasteiger partial charge in [0.2, 0.25) is 12.0 Å². The molecule has 1 aromatic heterocycles. The number of aliphatic hydroxyl groups is 3. The van der Waals surface area contributed by atoms with E-state index >= 15 is 0 Å². The van der Waals surface area contributed by atoms with Crippen molar-refractivity contribution in [2.75, 3.05) is 20.2 Å². The molecule has 5 N–H and O–H groups in total. The summed E-state index contributed by atoms with van der Waals surface area (Å²) in [5, 5.41) is 40.9. The zero-order valence-electron chi connectivity index (χ0n) is 21.3. The van der Waals surface area contributed by atoms with Gasteiger partial charge in [-0.2, -0.15) is 0 Å². The molecule has 3 aliphatic rings. The molecule has 1 aromatic carbocycles. The number of rotatable bonds is 6. The molecule has 0 bridgehead atoms. The molecule has 5 rings (SSSR count). The van der Waals surface area contributed by atoms with Crippen LogP contribution < -0.4 is 4.74 Å². The minimum absolute atomic E-state index is 0.371. The molecule has 1 fully saturated rings. The lowest BCUT2D eigenvalue weighted by atomic mass is 9.77. The first-order valence-electron chi connectivity index (χ1n) is 12.8. The number of hydrogen-bond donors (Lipinski definition) is 5. The highest BCUT2D eigenvalue weighted by Gasteiger charge is 2.48. The van der Waals surface area contributed by atoms with Crippen LogP contribution in [0, 0.1) is 11.8 Å². The second kappa shape index (κ2) is 10.1. The summed E-state index contributed by atoms with van der Waals surface area (Å²) in [5.74, 6) is -0.129.